The second kappa shape index (κ2) is 6.11. The summed E-state index contributed by atoms with van der Waals surface area (Å²) in [6, 6.07) is 3.41. The van der Waals surface area contributed by atoms with Crippen LogP contribution in [-0.4, -0.2) is 18.2 Å². The summed E-state index contributed by atoms with van der Waals surface area (Å²) in [5, 5.41) is 0. The molecular weight excluding hydrogens is 227 g/mol. The van der Waals surface area contributed by atoms with Crippen molar-refractivity contribution in [1.29, 1.82) is 0 Å². The summed E-state index contributed by atoms with van der Waals surface area (Å²) in [5.41, 5.74) is 6.60. The van der Waals surface area contributed by atoms with Crippen molar-refractivity contribution >= 4 is 7.60 Å². The third kappa shape index (κ3) is 3.12. The van der Waals surface area contributed by atoms with Gasteiger partial charge >= 0.3 is 7.60 Å². The van der Waals surface area contributed by atoms with E-state index in [2.05, 4.69) is 4.98 Å². The molecule has 0 saturated carbocycles. The maximum absolute atomic E-state index is 12.3. The molecule has 1 rings (SSSR count). The van der Waals surface area contributed by atoms with Crippen LogP contribution in [0.15, 0.2) is 24.5 Å². The Hall–Kier alpha value is -0.740. The maximum atomic E-state index is 12.3. The van der Waals surface area contributed by atoms with Crippen molar-refractivity contribution in [1.82, 2.24) is 4.98 Å². The van der Waals surface area contributed by atoms with Crippen LogP contribution in [0.25, 0.3) is 0 Å². The Balaban J connectivity index is 2.91. The molecule has 0 aliphatic carbocycles. The first kappa shape index (κ1) is 13.3. The number of nitrogens with zero attached hydrogens (tertiary/aromatic N) is 1. The van der Waals surface area contributed by atoms with E-state index in [0.717, 1.165) is 0 Å². The normalized spacial score (nSPS) is 13.7. The van der Waals surface area contributed by atoms with Crippen LogP contribution in [0.4, 0.5) is 0 Å². The van der Waals surface area contributed by atoms with E-state index in [4.69, 9.17) is 14.8 Å². The Morgan fingerprint density at radius 2 is 1.81 bits per heavy atom. The van der Waals surface area contributed by atoms with Crippen molar-refractivity contribution in [3.8, 4) is 0 Å². The molecule has 0 aliphatic rings. The van der Waals surface area contributed by atoms with Crippen molar-refractivity contribution in [3.63, 3.8) is 0 Å². The molecule has 0 amide bonds. The molecule has 2 N–H and O–H groups in total. The molecule has 0 spiro atoms. The number of aromatic nitrogens is 1. The fourth-order valence-electron chi connectivity index (χ4n) is 1.30. The highest BCUT2D eigenvalue weighted by Crippen LogP contribution is 2.58. The molecule has 0 aromatic carbocycles. The number of nitrogens with two attached hydrogens (primary N) is 1. The number of hydrogen-bond donors (Lipinski definition) is 1. The molecule has 0 fully saturated rings. The monoisotopic (exact) mass is 244 g/mol. The molecule has 0 bridgehead atoms. The van der Waals surface area contributed by atoms with Gasteiger partial charge in [-0.2, -0.15) is 0 Å². The fraction of sp³-hybridized carbons (Fsp3) is 0.500. The lowest BCUT2D eigenvalue weighted by Crippen LogP contribution is -2.15. The van der Waals surface area contributed by atoms with Gasteiger partial charge in [-0.25, -0.2) is 0 Å². The first-order valence-electron chi connectivity index (χ1n) is 5.18. The highest BCUT2D eigenvalue weighted by Gasteiger charge is 2.33. The summed E-state index contributed by atoms with van der Waals surface area (Å²) >= 11 is 0. The van der Waals surface area contributed by atoms with Crippen molar-refractivity contribution < 1.29 is 13.6 Å². The van der Waals surface area contributed by atoms with Crippen molar-refractivity contribution in [2.75, 3.05) is 13.2 Å². The molecule has 16 heavy (non-hydrogen) atoms. The molecule has 6 heteroatoms. The largest absolute Gasteiger partial charge is 0.351 e. The molecule has 90 valence electrons. The topological polar surface area (TPSA) is 74.4 Å². The Morgan fingerprint density at radius 3 is 2.25 bits per heavy atom. The van der Waals surface area contributed by atoms with Crippen LogP contribution < -0.4 is 5.73 Å². The van der Waals surface area contributed by atoms with Gasteiger partial charge in [-0.15, -0.1) is 0 Å². The average molecular weight is 244 g/mol. The first-order chi connectivity index (χ1) is 7.64. The molecule has 5 nitrogen and oxygen atoms in total. The minimum absolute atomic E-state index is 0.302. The highest BCUT2D eigenvalue weighted by atomic mass is 31.2. The quantitative estimate of drug-likeness (QED) is 0.777. The second-order valence-electron chi connectivity index (χ2n) is 3.10. The Morgan fingerprint density at radius 1 is 1.31 bits per heavy atom. The second-order valence-corrected chi connectivity index (χ2v) is 5.25. The summed E-state index contributed by atoms with van der Waals surface area (Å²) in [6.07, 6.45) is 3.19. The van der Waals surface area contributed by atoms with Gasteiger partial charge in [-0.1, -0.05) is 0 Å². The van der Waals surface area contributed by atoms with Gasteiger partial charge in [0.2, 0.25) is 0 Å². The van der Waals surface area contributed by atoms with Crippen LogP contribution in [0.5, 0.6) is 0 Å². The van der Waals surface area contributed by atoms with E-state index in [0.29, 0.717) is 18.8 Å². The summed E-state index contributed by atoms with van der Waals surface area (Å²) < 4.78 is 22.7. The van der Waals surface area contributed by atoms with Crippen molar-refractivity contribution in [2.24, 2.45) is 5.73 Å². The molecule has 1 atom stereocenters. The van der Waals surface area contributed by atoms with E-state index in [1.165, 1.54) is 0 Å². The summed E-state index contributed by atoms with van der Waals surface area (Å²) in [6.45, 7) is 4.11. The zero-order valence-corrected chi connectivity index (χ0v) is 10.4. The lowest BCUT2D eigenvalue weighted by molar-refractivity contribution is 0.212. The van der Waals surface area contributed by atoms with E-state index in [1.54, 1.807) is 38.4 Å². The van der Waals surface area contributed by atoms with E-state index in [9.17, 15) is 4.57 Å². The van der Waals surface area contributed by atoms with Gasteiger partial charge in [0.15, 0.2) is 0 Å². The lowest BCUT2D eigenvalue weighted by Gasteiger charge is -2.23. The van der Waals surface area contributed by atoms with Crippen LogP contribution in [0.1, 0.15) is 25.2 Å². The maximum Gasteiger partial charge on any atom is 0.351 e. The van der Waals surface area contributed by atoms with Gasteiger partial charge in [-0.3, -0.25) is 9.55 Å². The highest BCUT2D eigenvalue weighted by molar-refractivity contribution is 7.54. The van der Waals surface area contributed by atoms with Crippen LogP contribution in [0.3, 0.4) is 0 Å². The SMILES string of the molecule is CCOP(=O)(OCC)[C@@H](N)c1ccncc1. The number of pyridine rings is 1. The summed E-state index contributed by atoms with van der Waals surface area (Å²) in [5.74, 6) is -0.768. The number of hydrogen-bond acceptors (Lipinski definition) is 5. The predicted molar refractivity (Wildman–Crippen MR) is 62.0 cm³/mol. The van der Waals surface area contributed by atoms with E-state index < -0.39 is 13.4 Å². The third-order valence-electron chi connectivity index (χ3n) is 2.01. The van der Waals surface area contributed by atoms with Gasteiger partial charge in [0.05, 0.1) is 13.2 Å². The van der Waals surface area contributed by atoms with Crippen LogP contribution >= 0.6 is 7.60 Å². The summed E-state index contributed by atoms with van der Waals surface area (Å²) in [7, 11) is -3.28. The average Bonchev–Trinajstić information content (AvgIpc) is 2.30. The van der Waals surface area contributed by atoms with Crippen LogP contribution in [0, 0.1) is 0 Å². The molecule has 1 heterocycles. The van der Waals surface area contributed by atoms with Crippen molar-refractivity contribution in [2.45, 2.75) is 19.6 Å². The third-order valence-corrected chi connectivity index (χ3v) is 4.22. The van der Waals surface area contributed by atoms with E-state index in [1.807, 2.05) is 0 Å². The molecule has 0 unspecified atom stereocenters. The minimum Gasteiger partial charge on any atom is -0.314 e. The van der Waals surface area contributed by atoms with Gasteiger partial charge < -0.3 is 14.8 Å². The molecule has 0 aliphatic heterocycles. The van der Waals surface area contributed by atoms with Gasteiger partial charge in [0.1, 0.15) is 5.78 Å². The van der Waals surface area contributed by atoms with Gasteiger partial charge in [0.25, 0.3) is 0 Å². The standard InChI is InChI=1S/C10H17N2O3P/c1-3-14-16(13,15-4-2)10(11)9-5-7-12-8-6-9/h5-8,10H,3-4,11H2,1-2H3/t10-/m1/s1. The Bertz CT molecular complexity index is 348. The molecular formula is C10H17N2O3P. The van der Waals surface area contributed by atoms with Crippen LogP contribution in [0.2, 0.25) is 0 Å². The molecule has 1 aromatic heterocycles. The van der Waals surface area contributed by atoms with E-state index in [-0.39, 0.29) is 0 Å². The van der Waals surface area contributed by atoms with Gasteiger partial charge in [-0.05, 0) is 31.5 Å². The predicted octanol–water partition coefficient (Wildman–Crippen LogP) is 2.31. The Labute approximate surface area is 95.5 Å². The zero-order valence-electron chi connectivity index (χ0n) is 9.50. The van der Waals surface area contributed by atoms with Crippen LogP contribution in [-0.2, 0) is 13.6 Å². The lowest BCUT2D eigenvalue weighted by atomic mass is 10.3. The number of rotatable bonds is 6. The smallest absolute Gasteiger partial charge is 0.314 e. The minimum atomic E-state index is -3.28. The summed E-state index contributed by atoms with van der Waals surface area (Å²) in [4.78, 5) is 3.87. The zero-order chi connectivity index (χ0) is 12.0. The Kier molecular flexibility index (Phi) is 5.09. The van der Waals surface area contributed by atoms with Crippen molar-refractivity contribution in [3.05, 3.63) is 30.1 Å². The fourth-order valence-corrected chi connectivity index (χ4v) is 2.95. The first-order valence-corrected chi connectivity index (χ1v) is 6.79. The molecule has 1 aromatic rings. The van der Waals surface area contributed by atoms with E-state index >= 15 is 0 Å². The van der Waals surface area contributed by atoms with Gasteiger partial charge in [0, 0.05) is 12.4 Å². The molecule has 0 radical (unpaired) electrons. The molecule has 0 saturated heterocycles.